The molecule has 0 heterocycles. The Bertz CT molecular complexity index is 424. The van der Waals surface area contributed by atoms with E-state index in [0.29, 0.717) is 6.61 Å². The van der Waals surface area contributed by atoms with Crippen molar-refractivity contribution in [2.24, 2.45) is 5.16 Å². The number of hydrogen-bond donors (Lipinski definition) is 1. The molecule has 1 aromatic carbocycles. The largest absolute Gasteiger partial charge is 0.493 e. The summed E-state index contributed by atoms with van der Waals surface area (Å²) in [6.07, 6.45) is 2.48. The van der Waals surface area contributed by atoms with E-state index in [9.17, 15) is 0 Å². The predicted octanol–water partition coefficient (Wildman–Crippen LogP) is 3.66. The van der Waals surface area contributed by atoms with Gasteiger partial charge in [0, 0.05) is 13.5 Å². The number of rotatable bonds is 8. The number of benzene rings is 1. The molecule has 0 atom stereocenters. The van der Waals surface area contributed by atoms with Crippen LogP contribution in [0.1, 0.15) is 39.2 Å². The summed E-state index contributed by atoms with van der Waals surface area (Å²) in [7, 11) is 1.71. The van der Waals surface area contributed by atoms with Crippen LogP contribution < -0.4 is 4.74 Å². The van der Waals surface area contributed by atoms with E-state index in [0.717, 1.165) is 30.7 Å². The van der Waals surface area contributed by atoms with Crippen LogP contribution in [-0.2, 0) is 11.2 Å². The number of ether oxygens (including phenoxy) is 2. The Labute approximate surface area is 121 Å². The van der Waals surface area contributed by atoms with Gasteiger partial charge >= 0.3 is 0 Å². The van der Waals surface area contributed by atoms with Crippen molar-refractivity contribution in [3.05, 3.63) is 29.8 Å². The SMILES string of the molecule is COC(C)(C)CCOc1ccc(CC/C(C)=N/O)cc1. The van der Waals surface area contributed by atoms with Gasteiger partial charge in [0.2, 0.25) is 0 Å². The van der Waals surface area contributed by atoms with Crippen molar-refractivity contribution in [1.29, 1.82) is 0 Å². The lowest BCUT2D eigenvalue weighted by atomic mass is 10.1. The van der Waals surface area contributed by atoms with Crippen molar-refractivity contribution < 1.29 is 14.7 Å². The lowest BCUT2D eigenvalue weighted by Gasteiger charge is -2.22. The van der Waals surface area contributed by atoms with Crippen molar-refractivity contribution in [2.75, 3.05) is 13.7 Å². The fraction of sp³-hybridized carbons (Fsp3) is 0.562. The third kappa shape index (κ3) is 6.06. The molecule has 0 amide bonds. The number of methoxy groups -OCH3 is 1. The highest BCUT2D eigenvalue weighted by atomic mass is 16.5. The zero-order valence-corrected chi connectivity index (χ0v) is 12.8. The zero-order valence-electron chi connectivity index (χ0n) is 12.8. The Kier molecular flexibility index (Phi) is 6.52. The van der Waals surface area contributed by atoms with Crippen LogP contribution in [0.15, 0.2) is 29.4 Å². The average molecular weight is 279 g/mol. The van der Waals surface area contributed by atoms with Crippen molar-refractivity contribution in [1.82, 2.24) is 0 Å². The fourth-order valence-electron chi connectivity index (χ4n) is 1.64. The van der Waals surface area contributed by atoms with E-state index in [4.69, 9.17) is 14.7 Å². The molecule has 112 valence electrons. The molecule has 20 heavy (non-hydrogen) atoms. The van der Waals surface area contributed by atoms with Gasteiger partial charge in [-0.15, -0.1) is 0 Å². The van der Waals surface area contributed by atoms with E-state index in [1.54, 1.807) is 7.11 Å². The predicted molar refractivity (Wildman–Crippen MR) is 80.9 cm³/mol. The van der Waals surface area contributed by atoms with Crippen LogP contribution in [0, 0.1) is 0 Å². The highest BCUT2D eigenvalue weighted by Crippen LogP contribution is 2.17. The number of oxime groups is 1. The first-order valence-corrected chi connectivity index (χ1v) is 6.91. The highest BCUT2D eigenvalue weighted by Gasteiger charge is 2.15. The Balaban J connectivity index is 2.39. The van der Waals surface area contributed by atoms with Gasteiger partial charge in [0.05, 0.1) is 17.9 Å². The molecule has 0 radical (unpaired) electrons. The molecule has 1 aromatic rings. The normalized spacial score (nSPS) is 12.5. The van der Waals surface area contributed by atoms with Crippen LogP contribution in [0.5, 0.6) is 5.75 Å². The molecular formula is C16H25NO3. The van der Waals surface area contributed by atoms with Gasteiger partial charge in [0.1, 0.15) is 5.75 Å². The molecule has 0 aromatic heterocycles. The Morgan fingerprint density at radius 1 is 1.25 bits per heavy atom. The first-order chi connectivity index (χ1) is 9.46. The lowest BCUT2D eigenvalue weighted by Crippen LogP contribution is -2.25. The second-order valence-electron chi connectivity index (χ2n) is 5.54. The zero-order chi connectivity index (χ0) is 15.0. The summed E-state index contributed by atoms with van der Waals surface area (Å²) in [6.45, 7) is 6.54. The summed E-state index contributed by atoms with van der Waals surface area (Å²) in [5.41, 5.74) is 1.80. The van der Waals surface area contributed by atoms with Crippen LogP contribution in [0.3, 0.4) is 0 Å². The quantitative estimate of drug-likeness (QED) is 0.449. The monoisotopic (exact) mass is 279 g/mol. The number of nitrogens with zero attached hydrogens (tertiary/aromatic N) is 1. The van der Waals surface area contributed by atoms with Crippen LogP contribution in [0.25, 0.3) is 0 Å². The van der Waals surface area contributed by atoms with E-state index in [-0.39, 0.29) is 5.60 Å². The Hall–Kier alpha value is -1.55. The van der Waals surface area contributed by atoms with E-state index < -0.39 is 0 Å². The van der Waals surface area contributed by atoms with E-state index >= 15 is 0 Å². The van der Waals surface area contributed by atoms with Gasteiger partial charge in [-0.05, 0) is 51.3 Å². The van der Waals surface area contributed by atoms with E-state index in [2.05, 4.69) is 5.16 Å². The minimum atomic E-state index is -0.152. The number of hydrogen-bond acceptors (Lipinski definition) is 4. The highest BCUT2D eigenvalue weighted by molar-refractivity contribution is 5.81. The van der Waals surface area contributed by atoms with Crippen molar-refractivity contribution >= 4 is 5.71 Å². The maximum absolute atomic E-state index is 8.60. The molecule has 0 saturated heterocycles. The smallest absolute Gasteiger partial charge is 0.119 e. The average Bonchev–Trinajstić information content (AvgIpc) is 2.46. The van der Waals surface area contributed by atoms with E-state index in [1.807, 2.05) is 45.0 Å². The molecule has 4 heteroatoms. The van der Waals surface area contributed by atoms with Gasteiger partial charge in [-0.2, -0.15) is 0 Å². The van der Waals surface area contributed by atoms with E-state index in [1.165, 1.54) is 5.56 Å². The molecule has 0 bridgehead atoms. The van der Waals surface area contributed by atoms with Gasteiger partial charge in [0.25, 0.3) is 0 Å². The minimum absolute atomic E-state index is 0.152. The van der Waals surface area contributed by atoms with Gasteiger partial charge in [0.15, 0.2) is 0 Å². The molecule has 0 saturated carbocycles. The maximum Gasteiger partial charge on any atom is 0.119 e. The molecule has 0 spiro atoms. The molecule has 1 N–H and O–H groups in total. The summed E-state index contributed by atoms with van der Waals surface area (Å²) in [4.78, 5) is 0. The summed E-state index contributed by atoms with van der Waals surface area (Å²) in [5.74, 6) is 0.869. The summed E-state index contributed by atoms with van der Waals surface area (Å²) >= 11 is 0. The van der Waals surface area contributed by atoms with Crippen LogP contribution in [-0.4, -0.2) is 30.2 Å². The molecule has 0 aliphatic heterocycles. The molecule has 4 nitrogen and oxygen atoms in total. The van der Waals surface area contributed by atoms with Crippen molar-refractivity contribution in [2.45, 2.75) is 45.6 Å². The molecule has 0 fully saturated rings. The summed E-state index contributed by atoms with van der Waals surface area (Å²) < 4.78 is 11.0. The summed E-state index contributed by atoms with van der Waals surface area (Å²) in [6, 6.07) is 8.03. The second-order valence-corrected chi connectivity index (χ2v) is 5.54. The molecule has 0 aliphatic rings. The van der Waals surface area contributed by atoms with Gasteiger partial charge in [-0.1, -0.05) is 17.3 Å². The molecule has 0 aliphatic carbocycles. The third-order valence-corrected chi connectivity index (χ3v) is 3.39. The van der Waals surface area contributed by atoms with Crippen molar-refractivity contribution in [3.63, 3.8) is 0 Å². The lowest BCUT2D eigenvalue weighted by molar-refractivity contribution is 0.00545. The van der Waals surface area contributed by atoms with Gasteiger partial charge in [-0.3, -0.25) is 0 Å². The second kappa shape index (κ2) is 7.90. The minimum Gasteiger partial charge on any atom is -0.493 e. The molecule has 1 rings (SSSR count). The third-order valence-electron chi connectivity index (χ3n) is 3.39. The molecule has 0 unspecified atom stereocenters. The van der Waals surface area contributed by atoms with Crippen LogP contribution in [0.2, 0.25) is 0 Å². The fourth-order valence-corrected chi connectivity index (χ4v) is 1.64. The first-order valence-electron chi connectivity index (χ1n) is 6.91. The standard InChI is InChI=1S/C16H25NO3/c1-13(17-18)5-6-14-7-9-15(10-8-14)20-12-11-16(2,3)19-4/h7-10,18H,5-6,11-12H2,1-4H3/b17-13+. The van der Waals surface area contributed by atoms with Gasteiger partial charge < -0.3 is 14.7 Å². The summed E-state index contributed by atoms with van der Waals surface area (Å²) in [5, 5.41) is 11.8. The van der Waals surface area contributed by atoms with Gasteiger partial charge in [-0.25, -0.2) is 0 Å². The number of aryl methyl sites for hydroxylation is 1. The Morgan fingerprint density at radius 2 is 1.90 bits per heavy atom. The van der Waals surface area contributed by atoms with Crippen molar-refractivity contribution in [3.8, 4) is 5.75 Å². The first kappa shape index (κ1) is 16.5. The molecular weight excluding hydrogens is 254 g/mol. The van der Waals surface area contributed by atoms with Crippen LogP contribution in [0.4, 0.5) is 0 Å². The topological polar surface area (TPSA) is 51.0 Å². The maximum atomic E-state index is 8.60. The van der Waals surface area contributed by atoms with Crippen LogP contribution >= 0.6 is 0 Å². The Morgan fingerprint density at radius 3 is 2.45 bits per heavy atom.